The molecular formula is C25H25IN6O6S. The molecule has 0 unspecified atom stereocenters. The highest BCUT2D eigenvalue weighted by Gasteiger charge is 2.56. The number of hydrogen-bond acceptors (Lipinski definition) is 12. The Bertz CT molecular complexity index is 1600. The molecule has 4 atom stereocenters. The number of nitrogens with zero attached hydrogens (tertiary/aromatic N) is 5. The van der Waals surface area contributed by atoms with E-state index in [1.54, 1.807) is 16.4 Å². The van der Waals surface area contributed by atoms with Crippen LogP contribution in [0.3, 0.4) is 0 Å². The Hall–Kier alpha value is -2.66. The zero-order valence-electron chi connectivity index (χ0n) is 22.2. The number of nitrogens with two attached hydrogens (primary N) is 1. The molecule has 39 heavy (non-hydrogen) atoms. The second kappa shape index (κ2) is 9.47. The van der Waals surface area contributed by atoms with Gasteiger partial charge in [-0.1, -0.05) is 5.16 Å². The van der Waals surface area contributed by atoms with E-state index in [2.05, 4.69) is 43.4 Å². The Morgan fingerprint density at radius 2 is 2.05 bits per heavy atom. The lowest BCUT2D eigenvalue weighted by molar-refractivity contribution is -0.195. The van der Waals surface area contributed by atoms with Crippen molar-refractivity contribution in [2.45, 2.75) is 56.9 Å². The van der Waals surface area contributed by atoms with Gasteiger partial charge in [0.25, 0.3) is 0 Å². The highest BCUT2D eigenvalue weighted by molar-refractivity contribution is 14.1. The topological polar surface area (TPSA) is 142 Å². The second-order valence-electron chi connectivity index (χ2n) is 9.94. The number of rotatable bonds is 7. The smallest absolute Gasteiger partial charge is 0.231 e. The van der Waals surface area contributed by atoms with Crippen molar-refractivity contribution in [1.29, 1.82) is 0 Å². The molecule has 3 aromatic heterocycles. The fourth-order valence-electron chi connectivity index (χ4n) is 5.20. The van der Waals surface area contributed by atoms with E-state index < -0.39 is 12.0 Å². The predicted molar refractivity (Wildman–Crippen MR) is 149 cm³/mol. The van der Waals surface area contributed by atoms with Gasteiger partial charge in [0.05, 0.1) is 17.2 Å². The average molecular weight is 665 g/mol. The van der Waals surface area contributed by atoms with Gasteiger partial charge in [-0.3, -0.25) is 0 Å². The standard InChI is InChI=1S/C25H25IN6O6S/c1-11-13(18(38-31-11)12-4-5-14-15(6-12)34-10-33-14)7-39-8-16-19-20(37-25(2,3)36-19)24(35-16)32-23-17(21(26)30-32)22(27)28-9-29-23/h4-6,9,16,19-20,24H,7-8,10H2,1-3H3,(H2,27,28,29)/t16-,19-,20-,24-/m1/s1/i/hD. The van der Waals surface area contributed by atoms with Crippen LogP contribution in [0.4, 0.5) is 5.82 Å². The molecule has 2 saturated heterocycles. The summed E-state index contributed by atoms with van der Waals surface area (Å²) in [5.41, 5.74) is 5.67. The molecule has 14 heteroatoms. The minimum atomic E-state index is -0.767. The molecule has 0 saturated carbocycles. The van der Waals surface area contributed by atoms with E-state index in [-0.39, 0.29) is 25.1 Å². The van der Waals surface area contributed by atoms with Crippen molar-refractivity contribution in [3.8, 4) is 22.8 Å². The minimum absolute atomic E-state index is 0.215. The third kappa shape index (κ3) is 4.32. The molecule has 12 nitrogen and oxygen atoms in total. The summed E-state index contributed by atoms with van der Waals surface area (Å²) >= 11 is 3.83. The van der Waals surface area contributed by atoms with E-state index in [1.807, 2.05) is 39.0 Å². The van der Waals surface area contributed by atoms with Crippen LogP contribution in [0.1, 0.15) is 31.3 Å². The van der Waals surface area contributed by atoms with Crippen molar-refractivity contribution in [3.63, 3.8) is 0 Å². The summed E-state index contributed by atoms with van der Waals surface area (Å²) < 4.78 is 45.9. The van der Waals surface area contributed by atoms with E-state index in [0.29, 0.717) is 43.6 Å². The van der Waals surface area contributed by atoms with E-state index in [9.17, 15) is 0 Å². The van der Waals surface area contributed by atoms with Crippen LogP contribution in [0, 0.1) is 10.6 Å². The molecule has 7 rings (SSSR count). The van der Waals surface area contributed by atoms with Gasteiger partial charge in [-0.25, -0.2) is 14.6 Å². The van der Waals surface area contributed by atoms with Crippen molar-refractivity contribution in [2.24, 2.45) is 0 Å². The zero-order valence-corrected chi connectivity index (χ0v) is 24.2. The van der Waals surface area contributed by atoms with Crippen molar-refractivity contribution >= 4 is 51.2 Å². The Balaban J connectivity index is 1.12. The summed E-state index contributed by atoms with van der Waals surface area (Å²) in [6, 6.07) is 5.74. The van der Waals surface area contributed by atoms with Crippen LogP contribution in [-0.2, 0) is 20.0 Å². The van der Waals surface area contributed by atoms with E-state index in [1.165, 1.54) is 6.33 Å². The fraction of sp³-hybridized carbons (Fsp3) is 0.440. The van der Waals surface area contributed by atoms with Gasteiger partial charge < -0.3 is 33.9 Å². The Morgan fingerprint density at radius 3 is 2.92 bits per heavy atom. The van der Waals surface area contributed by atoms with E-state index in [0.717, 1.165) is 22.6 Å². The normalized spacial score (nSPS) is 25.3. The van der Waals surface area contributed by atoms with Crippen LogP contribution < -0.4 is 15.2 Å². The minimum Gasteiger partial charge on any atom is -0.454 e. The summed E-state index contributed by atoms with van der Waals surface area (Å²) in [7, 11) is 0. The third-order valence-electron chi connectivity index (χ3n) is 6.96. The number of nitrogen functional groups attached to an aromatic ring is 1. The molecule has 204 valence electrons. The van der Waals surface area contributed by atoms with Gasteiger partial charge in [0, 0.05) is 22.6 Å². The Kier molecular flexibility index (Phi) is 5.87. The number of thioether (sulfide) groups is 1. The van der Waals surface area contributed by atoms with Crippen LogP contribution in [0.15, 0.2) is 29.0 Å². The highest BCUT2D eigenvalue weighted by atomic mass is 127. The van der Waals surface area contributed by atoms with Gasteiger partial charge in [0.1, 0.15) is 28.1 Å². The lowest BCUT2D eigenvalue weighted by atomic mass is 10.1. The third-order valence-corrected chi connectivity index (χ3v) is 8.77. The number of hydrogen-bond donors (Lipinski definition) is 1. The van der Waals surface area contributed by atoms with Gasteiger partial charge in [-0.2, -0.15) is 16.9 Å². The largest absolute Gasteiger partial charge is 0.454 e. The molecule has 0 bridgehead atoms. The first-order valence-corrected chi connectivity index (χ1v) is 14.6. The van der Waals surface area contributed by atoms with Crippen molar-refractivity contribution in [1.82, 2.24) is 24.9 Å². The first-order chi connectivity index (χ1) is 19.3. The van der Waals surface area contributed by atoms with Crippen LogP contribution in [0.5, 0.6) is 11.5 Å². The maximum Gasteiger partial charge on any atom is 0.231 e. The van der Waals surface area contributed by atoms with Crippen molar-refractivity contribution in [3.05, 3.63) is 39.5 Å². The highest BCUT2D eigenvalue weighted by Crippen LogP contribution is 2.45. The molecule has 1 aromatic carbocycles. The summed E-state index contributed by atoms with van der Waals surface area (Å²) in [6.07, 6.45) is -0.0930. The molecular weight excluding hydrogens is 639 g/mol. The average Bonchev–Trinajstić information content (AvgIpc) is 3.74. The van der Waals surface area contributed by atoms with Crippen LogP contribution in [-0.4, -0.2) is 61.5 Å². The summed E-state index contributed by atoms with van der Waals surface area (Å²) in [5, 5.41) is 9.58. The van der Waals surface area contributed by atoms with Crippen LogP contribution >= 0.6 is 34.4 Å². The Morgan fingerprint density at radius 1 is 1.21 bits per heavy atom. The first kappa shape index (κ1) is 24.2. The van der Waals surface area contributed by atoms with E-state index in [4.69, 9.17) is 34.7 Å². The SMILES string of the molecule is [2H]Nc1ncnc2c1c(I)nn2[C@@H]1O[C@H](CSCc2c(C)noc2-c2ccc3c(c2)OCO3)[C@H]2OC(C)(C)O[C@H]21. The van der Waals surface area contributed by atoms with Gasteiger partial charge >= 0.3 is 0 Å². The number of ether oxygens (including phenoxy) is 5. The van der Waals surface area contributed by atoms with E-state index >= 15 is 0 Å². The molecule has 0 radical (unpaired) electrons. The monoisotopic (exact) mass is 665 g/mol. The maximum atomic E-state index is 7.61. The number of aromatic nitrogens is 5. The maximum absolute atomic E-state index is 7.61. The molecule has 3 aliphatic heterocycles. The van der Waals surface area contributed by atoms with Crippen LogP contribution in [0.2, 0.25) is 1.41 Å². The lowest BCUT2D eigenvalue weighted by Gasteiger charge is -2.24. The molecule has 3 aliphatic rings. The number of anilines is 1. The molecule has 0 spiro atoms. The first-order valence-electron chi connectivity index (χ1n) is 12.8. The fourth-order valence-corrected chi connectivity index (χ4v) is 7.09. The summed E-state index contributed by atoms with van der Waals surface area (Å²) in [6.45, 7) is 5.96. The summed E-state index contributed by atoms with van der Waals surface area (Å²) in [4.78, 5) is 8.60. The predicted octanol–water partition coefficient (Wildman–Crippen LogP) is 4.06. The molecule has 0 aliphatic carbocycles. The molecule has 0 amide bonds. The number of aryl methyl sites for hydroxylation is 1. The molecule has 2 fully saturated rings. The van der Waals surface area contributed by atoms with Crippen molar-refractivity contribution in [2.75, 3.05) is 18.3 Å². The van der Waals surface area contributed by atoms with Gasteiger partial charge in [0.15, 0.2) is 36.3 Å². The van der Waals surface area contributed by atoms with Gasteiger partial charge in [0.2, 0.25) is 6.79 Å². The zero-order chi connectivity index (χ0) is 27.6. The second-order valence-corrected chi connectivity index (χ2v) is 12.0. The number of halogens is 1. The Labute approximate surface area is 242 Å². The van der Waals surface area contributed by atoms with Gasteiger partial charge in [-0.15, -0.1) is 0 Å². The van der Waals surface area contributed by atoms with Crippen LogP contribution in [0.25, 0.3) is 22.4 Å². The molecule has 2 N–H and O–H groups in total. The quantitative estimate of drug-likeness (QED) is 0.285. The molecule has 4 aromatic rings. The van der Waals surface area contributed by atoms with Gasteiger partial charge in [-0.05, 0) is 61.6 Å². The van der Waals surface area contributed by atoms with Crippen molar-refractivity contribution < 1.29 is 29.6 Å². The number of benzene rings is 1. The summed E-state index contributed by atoms with van der Waals surface area (Å²) in [5.74, 6) is 3.05. The number of fused-ring (bicyclic) bond motifs is 3. The molecule has 6 heterocycles. The lowest BCUT2D eigenvalue weighted by Crippen LogP contribution is -2.31.